The number of nitrogens with two attached hydrogens (primary N) is 1. The van der Waals surface area contributed by atoms with Crippen LogP contribution in [0, 0.1) is 5.92 Å². The van der Waals surface area contributed by atoms with Crippen LogP contribution in [-0.4, -0.2) is 42.8 Å². The standard InChI is InChI=1S/C18H25N3O/c1-20-11-13-7-16-18(22-3,8-12(9-19)10-21(16)2)14-5-4-6-15(20)17(13)14/h4-6,11-12,16H,7-10,19H2,1-3H3/t12-,16+,18-/m0/s1. The molecule has 2 aromatic rings. The van der Waals surface area contributed by atoms with Gasteiger partial charge in [0.25, 0.3) is 0 Å². The van der Waals surface area contributed by atoms with Gasteiger partial charge in [-0.1, -0.05) is 12.1 Å². The summed E-state index contributed by atoms with van der Waals surface area (Å²) < 4.78 is 8.48. The molecular formula is C18H25N3O. The number of piperidine rings is 1. The van der Waals surface area contributed by atoms with Crippen molar-refractivity contribution in [2.45, 2.75) is 24.5 Å². The molecule has 2 N–H and O–H groups in total. The lowest BCUT2D eigenvalue weighted by Crippen LogP contribution is -2.60. The third-order valence-electron chi connectivity index (χ3n) is 5.87. The first-order valence-corrected chi connectivity index (χ1v) is 8.13. The lowest BCUT2D eigenvalue weighted by atomic mass is 9.68. The van der Waals surface area contributed by atoms with E-state index in [2.05, 4.69) is 48.0 Å². The number of rotatable bonds is 2. The summed E-state index contributed by atoms with van der Waals surface area (Å²) in [5, 5.41) is 1.40. The highest BCUT2D eigenvalue weighted by molar-refractivity contribution is 5.89. The Hall–Kier alpha value is -1.36. The molecule has 1 saturated heterocycles. The van der Waals surface area contributed by atoms with E-state index in [1.54, 1.807) is 0 Å². The maximum atomic E-state index is 6.24. The molecule has 4 nitrogen and oxygen atoms in total. The van der Waals surface area contributed by atoms with E-state index in [9.17, 15) is 0 Å². The first-order valence-electron chi connectivity index (χ1n) is 8.13. The van der Waals surface area contributed by atoms with Crippen molar-refractivity contribution in [2.75, 3.05) is 27.2 Å². The Labute approximate surface area is 131 Å². The molecule has 0 radical (unpaired) electrons. The highest BCUT2D eigenvalue weighted by Crippen LogP contribution is 2.49. The van der Waals surface area contributed by atoms with Crippen LogP contribution in [0.5, 0.6) is 0 Å². The van der Waals surface area contributed by atoms with Gasteiger partial charge in [0.05, 0.1) is 0 Å². The number of aryl methyl sites for hydroxylation is 1. The van der Waals surface area contributed by atoms with Crippen molar-refractivity contribution in [3.63, 3.8) is 0 Å². The number of methoxy groups -OCH3 is 1. The zero-order chi connectivity index (χ0) is 15.5. The zero-order valence-corrected chi connectivity index (χ0v) is 13.7. The van der Waals surface area contributed by atoms with Crippen molar-refractivity contribution < 1.29 is 4.74 Å². The molecule has 1 aliphatic carbocycles. The molecule has 3 atom stereocenters. The Bertz CT molecular complexity index is 722. The van der Waals surface area contributed by atoms with Gasteiger partial charge in [0, 0.05) is 43.8 Å². The summed E-state index contributed by atoms with van der Waals surface area (Å²) in [6.45, 7) is 1.78. The Morgan fingerprint density at radius 3 is 2.91 bits per heavy atom. The average Bonchev–Trinajstić information content (AvgIpc) is 2.86. The van der Waals surface area contributed by atoms with E-state index >= 15 is 0 Å². The van der Waals surface area contributed by atoms with Gasteiger partial charge >= 0.3 is 0 Å². The molecule has 2 heterocycles. The largest absolute Gasteiger partial charge is 0.372 e. The summed E-state index contributed by atoms with van der Waals surface area (Å²) in [4.78, 5) is 2.46. The fourth-order valence-electron chi connectivity index (χ4n) is 4.87. The van der Waals surface area contributed by atoms with Crippen molar-refractivity contribution in [1.29, 1.82) is 0 Å². The van der Waals surface area contributed by atoms with Crippen molar-refractivity contribution >= 4 is 10.9 Å². The van der Waals surface area contributed by atoms with Crippen LogP contribution in [0.15, 0.2) is 24.4 Å². The van der Waals surface area contributed by atoms with Gasteiger partial charge in [0.15, 0.2) is 0 Å². The van der Waals surface area contributed by atoms with E-state index in [4.69, 9.17) is 10.5 Å². The van der Waals surface area contributed by atoms with Crippen LogP contribution in [0.25, 0.3) is 10.9 Å². The van der Waals surface area contributed by atoms with Crippen molar-refractivity contribution in [3.05, 3.63) is 35.5 Å². The summed E-state index contributed by atoms with van der Waals surface area (Å²) in [7, 11) is 6.22. The van der Waals surface area contributed by atoms with Crippen LogP contribution >= 0.6 is 0 Å². The highest BCUT2D eigenvalue weighted by atomic mass is 16.5. The van der Waals surface area contributed by atoms with Gasteiger partial charge in [-0.2, -0.15) is 0 Å². The lowest BCUT2D eigenvalue weighted by Gasteiger charge is -2.53. The number of hydrogen-bond acceptors (Lipinski definition) is 3. The Morgan fingerprint density at radius 1 is 1.36 bits per heavy atom. The molecule has 22 heavy (non-hydrogen) atoms. The molecule has 1 aromatic heterocycles. The second-order valence-corrected chi connectivity index (χ2v) is 7.02. The minimum absolute atomic E-state index is 0.231. The average molecular weight is 299 g/mol. The molecule has 2 aliphatic rings. The normalized spacial score (nSPS) is 31.5. The SMILES string of the molecule is CO[C@]12C[C@@H](CN)CN(C)[C@@H]1Cc1cn(C)c3cccc2c13. The molecule has 1 fully saturated rings. The second kappa shape index (κ2) is 4.82. The first kappa shape index (κ1) is 14.2. The molecule has 0 amide bonds. The number of ether oxygens (including phenoxy) is 1. The summed E-state index contributed by atoms with van der Waals surface area (Å²) >= 11 is 0. The first-order chi connectivity index (χ1) is 10.6. The molecule has 0 unspecified atom stereocenters. The van der Waals surface area contributed by atoms with Crippen molar-refractivity contribution in [3.8, 4) is 0 Å². The summed E-state index contributed by atoms with van der Waals surface area (Å²) in [6.07, 6.45) is 4.36. The van der Waals surface area contributed by atoms with Crippen LogP contribution in [0.4, 0.5) is 0 Å². The fourth-order valence-corrected chi connectivity index (χ4v) is 4.87. The molecule has 4 rings (SSSR count). The highest BCUT2D eigenvalue weighted by Gasteiger charge is 2.51. The quantitative estimate of drug-likeness (QED) is 0.920. The number of hydrogen-bond donors (Lipinski definition) is 1. The summed E-state index contributed by atoms with van der Waals surface area (Å²) in [6, 6.07) is 7.02. The number of likely N-dealkylation sites (tertiary alicyclic amines) is 1. The Kier molecular flexibility index (Phi) is 3.12. The predicted molar refractivity (Wildman–Crippen MR) is 88.9 cm³/mol. The van der Waals surface area contributed by atoms with Crippen LogP contribution in [0.2, 0.25) is 0 Å². The van der Waals surface area contributed by atoms with Gasteiger partial charge < -0.3 is 15.0 Å². The minimum Gasteiger partial charge on any atom is -0.372 e. The predicted octanol–water partition coefficient (Wildman–Crippen LogP) is 1.86. The number of aromatic nitrogens is 1. The number of fused-ring (bicyclic) bond motifs is 2. The maximum absolute atomic E-state index is 6.24. The van der Waals surface area contributed by atoms with Crippen LogP contribution in [0.1, 0.15) is 17.5 Å². The zero-order valence-electron chi connectivity index (χ0n) is 13.7. The fraction of sp³-hybridized carbons (Fsp3) is 0.556. The summed E-state index contributed by atoms with van der Waals surface area (Å²) in [5.74, 6) is 0.488. The lowest BCUT2D eigenvalue weighted by molar-refractivity contribution is -0.124. The van der Waals surface area contributed by atoms with Gasteiger partial charge in [-0.3, -0.25) is 4.90 Å². The molecular weight excluding hydrogens is 274 g/mol. The van der Waals surface area contributed by atoms with Gasteiger partial charge in [0.2, 0.25) is 0 Å². The van der Waals surface area contributed by atoms with E-state index in [0.29, 0.717) is 12.0 Å². The number of likely N-dealkylation sites (N-methyl/N-ethyl adjacent to an activating group) is 1. The van der Waals surface area contributed by atoms with Gasteiger partial charge in [-0.25, -0.2) is 0 Å². The maximum Gasteiger partial charge on any atom is 0.109 e. The molecule has 1 aromatic carbocycles. The van der Waals surface area contributed by atoms with Crippen LogP contribution in [0.3, 0.4) is 0 Å². The topological polar surface area (TPSA) is 43.4 Å². The number of nitrogens with zero attached hydrogens (tertiary/aromatic N) is 2. The molecule has 0 spiro atoms. The molecule has 1 aliphatic heterocycles. The van der Waals surface area contributed by atoms with Gasteiger partial charge in [-0.15, -0.1) is 0 Å². The Morgan fingerprint density at radius 2 is 2.18 bits per heavy atom. The summed E-state index contributed by atoms with van der Waals surface area (Å²) in [5.41, 5.74) is 9.88. The third-order valence-corrected chi connectivity index (χ3v) is 5.87. The smallest absolute Gasteiger partial charge is 0.109 e. The van der Waals surface area contributed by atoms with E-state index in [1.807, 2.05) is 7.11 Å². The molecule has 4 heteroatoms. The van der Waals surface area contributed by atoms with Crippen molar-refractivity contribution in [1.82, 2.24) is 9.47 Å². The monoisotopic (exact) mass is 299 g/mol. The van der Waals surface area contributed by atoms with Gasteiger partial charge in [-0.05, 0) is 49.5 Å². The second-order valence-electron chi connectivity index (χ2n) is 7.02. The molecule has 0 saturated carbocycles. The third kappa shape index (κ3) is 1.69. The van der Waals surface area contributed by atoms with Crippen LogP contribution < -0.4 is 5.73 Å². The van der Waals surface area contributed by atoms with Crippen molar-refractivity contribution in [2.24, 2.45) is 18.7 Å². The Balaban J connectivity index is 1.98. The molecule has 0 bridgehead atoms. The van der Waals surface area contributed by atoms with E-state index in [1.165, 1.54) is 22.0 Å². The van der Waals surface area contributed by atoms with Gasteiger partial charge in [0.1, 0.15) is 5.60 Å². The number of benzene rings is 1. The van der Waals surface area contributed by atoms with Crippen LogP contribution in [-0.2, 0) is 23.8 Å². The minimum atomic E-state index is -0.231. The van der Waals surface area contributed by atoms with E-state index < -0.39 is 0 Å². The molecule has 118 valence electrons. The van der Waals surface area contributed by atoms with E-state index in [-0.39, 0.29) is 5.60 Å². The van der Waals surface area contributed by atoms with E-state index in [0.717, 1.165) is 25.9 Å².